The number of hydrogen-bond donors (Lipinski definition) is 1. The van der Waals surface area contributed by atoms with Crippen molar-refractivity contribution in [1.82, 2.24) is 10.3 Å². The minimum absolute atomic E-state index is 0.229. The molecule has 1 heterocycles. The molecular weight excluding hydrogens is 267 g/mol. The zero-order chi connectivity index (χ0) is 14.8. The van der Waals surface area contributed by atoms with Crippen LogP contribution in [0.25, 0.3) is 0 Å². The van der Waals surface area contributed by atoms with Gasteiger partial charge < -0.3 is 10.1 Å². The summed E-state index contributed by atoms with van der Waals surface area (Å²) in [6.45, 7) is 4.54. The molecule has 0 spiro atoms. The Balaban J connectivity index is 1.70. The number of nitrogens with one attached hydrogen (secondary N) is 1. The molecule has 1 aliphatic carbocycles. The van der Waals surface area contributed by atoms with Crippen LogP contribution in [0.3, 0.4) is 0 Å². The van der Waals surface area contributed by atoms with Crippen LogP contribution in [0.15, 0.2) is 30.3 Å². The minimum Gasteiger partial charge on any atom is -0.439 e. The van der Waals surface area contributed by atoms with E-state index in [-0.39, 0.29) is 5.82 Å². The fourth-order valence-electron chi connectivity index (χ4n) is 2.15. The lowest BCUT2D eigenvalue weighted by molar-refractivity contribution is 0.458. The molecule has 0 unspecified atom stereocenters. The summed E-state index contributed by atoms with van der Waals surface area (Å²) in [7, 11) is 0. The molecule has 2 aromatic rings. The van der Waals surface area contributed by atoms with E-state index in [0.29, 0.717) is 23.2 Å². The summed E-state index contributed by atoms with van der Waals surface area (Å²) in [4.78, 5) is 4.46. The van der Waals surface area contributed by atoms with Gasteiger partial charge >= 0.3 is 0 Å². The van der Waals surface area contributed by atoms with E-state index in [2.05, 4.69) is 10.3 Å². The van der Waals surface area contributed by atoms with Crippen molar-refractivity contribution in [3.05, 3.63) is 53.0 Å². The lowest BCUT2D eigenvalue weighted by atomic mass is 10.2. The fraction of sp³-hybridized carbons (Fsp3) is 0.353. The predicted molar refractivity (Wildman–Crippen MR) is 80.0 cm³/mol. The summed E-state index contributed by atoms with van der Waals surface area (Å²) in [5.74, 6) is 0.909. The number of benzene rings is 1. The largest absolute Gasteiger partial charge is 0.439 e. The van der Waals surface area contributed by atoms with E-state index in [0.717, 1.165) is 12.2 Å². The third kappa shape index (κ3) is 3.58. The van der Waals surface area contributed by atoms with Crippen LogP contribution in [-0.4, -0.2) is 11.0 Å². The quantitative estimate of drug-likeness (QED) is 0.905. The zero-order valence-electron chi connectivity index (χ0n) is 12.3. The van der Waals surface area contributed by atoms with Gasteiger partial charge in [-0.25, -0.2) is 9.37 Å². The highest BCUT2D eigenvalue weighted by atomic mass is 19.1. The molecule has 0 saturated heterocycles. The normalized spacial score (nSPS) is 14.2. The van der Waals surface area contributed by atoms with E-state index in [1.165, 1.54) is 24.5 Å². The molecule has 1 aromatic carbocycles. The first-order chi connectivity index (χ1) is 10.1. The number of pyridine rings is 1. The number of nitrogens with zero attached hydrogens (tertiary/aromatic N) is 1. The standard InChI is InChI=1S/C17H19FN2O/c1-11-9-15(6-7-16(11)18)21-17-8-3-13(12(2)20-17)10-19-14-4-5-14/h3,6-9,14,19H,4-5,10H2,1-2H3. The average Bonchev–Trinajstić information content (AvgIpc) is 3.26. The molecule has 0 amide bonds. The Morgan fingerprint density at radius 1 is 1.24 bits per heavy atom. The highest BCUT2D eigenvalue weighted by Crippen LogP contribution is 2.24. The molecule has 0 radical (unpaired) electrons. The first-order valence-corrected chi connectivity index (χ1v) is 7.26. The first-order valence-electron chi connectivity index (χ1n) is 7.26. The average molecular weight is 286 g/mol. The van der Waals surface area contributed by atoms with Crippen LogP contribution in [0.1, 0.15) is 29.7 Å². The molecule has 110 valence electrons. The van der Waals surface area contributed by atoms with E-state index >= 15 is 0 Å². The van der Waals surface area contributed by atoms with Gasteiger partial charge in [0, 0.05) is 24.3 Å². The second-order valence-corrected chi connectivity index (χ2v) is 5.56. The Kier molecular flexibility index (Phi) is 3.88. The van der Waals surface area contributed by atoms with Crippen LogP contribution in [0.5, 0.6) is 11.6 Å². The lowest BCUT2D eigenvalue weighted by Gasteiger charge is -2.10. The van der Waals surface area contributed by atoms with Gasteiger partial charge in [-0.3, -0.25) is 0 Å². The monoisotopic (exact) mass is 286 g/mol. The number of halogens is 1. The van der Waals surface area contributed by atoms with E-state index in [1.807, 2.05) is 19.1 Å². The fourth-order valence-corrected chi connectivity index (χ4v) is 2.15. The molecular formula is C17H19FN2O. The molecule has 4 heteroatoms. The van der Waals surface area contributed by atoms with Crippen LogP contribution in [0, 0.1) is 19.7 Å². The van der Waals surface area contributed by atoms with E-state index in [9.17, 15) is 4.39 Å². The number of aryl methyl sites for hydroxylation is 2. The van der Waals surface area contributed by atoms with Crippen LogP contribution in [0.2, 0.25) is 0 Å². The minimum atomic E-state index is -0.229. The van der Waals surface area contributed by atoms with Crippen LogP contribution in [-0.2, 0) is 6.54 Å². The van der Waals surface area contributed by atoms with Crippen molar-refractivity contribution in [2.24, 2.45) is 0 Å². The number of hydrogen-bond acceptors (Lipinski definition) is 3. The van der Waals surface area contributed by atoms with Crippen molar-refractivity contribution in [2.45, 2.75) is 39.3 Å². The first kappa shape index (κ1) is 14.0. The Morgan fingerprint density at radius 3 is 2.71 bits per heavy atom. The summed E-state index contributed by atoms with van der Waals surface area (Å²) in [5, 5.41) is 3.47. The van der Waals surface area contributed by atoms with Gasteiger partial charge in [-0.1, -0.05) is 6.07 Å². The third-order valence-electron chi connectivity index (χ3n) is 3.68. The summed E-state index contributed by atoms with van der Waals surface area (Å²) >= 11 is 0. The van der Waals surface area contributed by atoms with Crippen molar-refractivity contribution in [3.8, 4) is 11.6 Å². The van der Waals surface area contributed by atoms with E-state index in [4.69, 9.17) is 4.74 Å². The molecule has 1 aromatic heterocycles. The Labute approximate surface area is 124 Å². The van der Waals surface area contributed by atoms with Gasteiger partial charge in [0.05, 0.1) is 0 Å². The Morgan fingerprint density at radius 2 is 2.05 bits per heavy atom. The highest BCUT2D eigenvalue weighted by molar-refractivity contribution is 5.33. The Hall–Kier alpha value is -1.94. The van der Waals surface area contributed by atoms with Crippen molar-refractivity contribution in [1.29, 1.82) is 0 Å². The van der Waals surface area contributed by atoms with Crippen molar-refractivity contribution < 1.29 is 9.13 Å². The maximum Gasteiger partial charge on any atom is 0.219 e. The maximum atomic E-state index is 13.2. The zero-order valence-corrected chi connectivity index (χ0v) is 12.3. The smallest absolute Gasteiger partial charge is 0.219 e. The molecule has 3 rings (SSSR count). The number of ether oxygens (including phenoxy) is 1. The van der Waals surface area contributed by atoms with E-state index in [1.54, 1.807) is 19.1 Å². The molecule has 0 aliphatic heterocycles. The van der Waals surface area contributed by atoms with Gasteiger partial charge in [0.2, 0.25) is 5.88 Å². The summed E-state index contributed by atoms with van der Waals surface area (Å²) < 4.78 is 18.9. The van der Waals surface area contributed by atoms with Crippen LogP contribution < -0.4 is 10.1 Å². The second-order valence-electron chi connectivity index (χ2n) is 5.56. The van der Waals surface area contributed by atoms with Crippen molar-refractivity contribution in [2.75, 3.05) is 0 Å². The van der Waals surface area contributed by atoms with E-state index < -0.39 is 0 Å². The van der Waals surface area contributed by atoms with Gasteiger partial charge in [0.1, 0.15) is 11.6 Å². The molecule has 1 aliphatic rings. The molecule has 0 bridgehead atoms. The van der Waals surface area contributed by atoms with Gasteiger partial charge in [0.25, 0.3) is 0 Å². The molecule has 21 heavy (non-hydrogen) atoms. The SMILES string of the molecule is Cc1cc(Oc2ccc(CNC3CC3)c(C)n2)ccc1F. The van der Waals surface area contributed by atoms with Crippen molar-refractivity contribution in [3.63, 3.8) is 0 Å². The highest BCUT2D eigenvalue weighted by Gasteiger charge is 2.20. The topological polar surface area (TPSA) is 34.1 Å². The lowest BCUT2D eigenvalue weighted by Crippen LogP contribution is -2.16. The van der Waals surface area contributed by atoms with Gasteiger partial charge in [0.15, 0.2) is 0 Å². The maximum absolute atomic E-state index is 13.2. The second kappa shape index (κ2) is 5.82. The van der Waals surface area contributed by atoms with Crippen molar-refractivity contribution >= 4 is 0 Å². The van der Waals surface area contributed by atoms with Crippen LogP contribution >= 0.6 is 0 Å². The number of aromatic nitrogens is 1. The van der Waals surface area contributed by atoms with Gasteiger partial charge in [-0.2, -0.15) is 0 Å². The molecule has 3 nitrogen and oxygen atoms in total. The summed E-state index contributed by atoms with van der Waals surface area (Å²) in [6, 6.07) is 9.27. The predicted octanol–water partition coefficient (Wildman–Crippen LogP) is 3.88. The number of rotatable bonds is 5. The van der Waals surface area contributed by atoms with Crippen LogP contribution in [0.4, 0.5) is 4.39 Å². The third-order valence-corrected chi connectivity index (χ3v) is 3.68. The molecule has 1 fully saturated rings. The summed E-state index contributed by atoms with van der Waals surface area (Å²) in [5.41, 5.74) is 2.71. The van der Waals surface area contributed by atoms with Gasteiger partial charge in [-0.05, 0) is 56.0 Å². The molecule has 1 saturated carbocycles. The summed E-state index contributed by atoms with van der Waals surface area (Å²) in [6.07, 6.45) is 2.55. The molecule has 0 atom stereocenters. The van der Waals surface area contributed by atoms with Gasteiger partial charge in [-0.15, -0.1) is 0 Å². The molecule has 1 N–H and O–H groups in total. The Bertz CT molecular complexity index is 653.